The van der Waals surface area contributed by atoms with Crippen molar-refractivity contribution in [3.8, 4) is 11.5 Å². The Hall–Kier alpha value is -2.88. The van der Waals surface area contributed by atoms with Crippen LogP contribution in [0.2, 0.25) is 0 Å². The molecular formula is C24H28N2O2. The van der Waals surface area contributed by atoms with E-state index in [0.29, 0.717) is 5.92 Å². The minimum Gasteiger partial charge on any atom is -0.497 e. The fraction of sp³-hybridized carbons (Fsp3) is 0.333. The number of nitrogens with one attached hydrogen (secondary N) is 2. The Balaban J connectivity index is 1.84. The smallest absolute Gasteiger partial charge is 0.119 e. The van der Waals surface area contributed by atoms with Crippen LogP contribution in [0.15, 0.2) is 48.8 Å². The summed E-state index contributed by atoms with van der Waals surface area (Å²) in [4.78, 5) is 6.90. The van der Waals surface area contributed by atoms with Gasteiger partial charge in [-0.2, -0.15) is 0 Å². The molecule has 2 heterocycles. The molecule has 0 aliphatic carbocycles. The van der Waals surface area contributed by atoms with E-state index in [2.05, 4.69) is 53.6 Å². The van der Waals surface area contributed by atoms with Crippen molar-refractivity contribution in [3.05, 3.63) is 59.9 Å². The third-order valence-electron chi connectivity index (χ3n) is 5.69. The summed E-state index contributed by atoms with van der Waals surface area (Å²) in [6, 6.07) is 12.5. The van der Waals surface area contributed by atoms with E-state index in [4.69, 9.17) is 9.47 Å². The van der Waals surface area contributed by atoms with E-state index in [9.17, 15) is 0 Å². The van der Waals surface area contributed by atoms with Crippen LogP contribution in [-0.4, -0.2) is 24.2 Å². The average Bonchev–Trinajstić information content (AvgIpc) is 3.34. The van der Waals surface area contributed by atoms with Gasteiger partial charge in [0.25, 0.3) is 0 Å². The normalized spacial score (nSPS) is 11.6. The molecular weight excluding hydrogens is 348 g/mol. The monoisotopic (exact) mass is 376 g/mol. The zero-order chi connectivity index (χ0) is 19.5. The Morgan fingerprint density at radius 3 is 1.79 bits per heavy atom. The van der Waals surface area contributed by atoms with Crippen LogP contribution in [-0.2, 0) is 0 Å². The molecule has 2 aromatic carbocycles. The van der Waals surface area contributed by atoms with Crippen LogP contribution in [0.1, 0.15) is 49.7 Å². The van der Waals surface area contributed by atoms with Crippen LogP contribution in [0.4, 0.5) is 0 Å². The first-order valence-corrected chi connectivity index (χ1v) is 10.0. The van der Waals surface area contributed by atoms with Crippen molar-refractivity contribution in [1.82, 2.24) is 9.97 Å². The van der Waals surface area contributed by atoms with E-state index < -0.39 is 0 Å². The average molecular weight is 377 g/mol. The van der Waals surface area contributed by atoms with Gasteiger partial charge in [0.05, 0.1) is 14.2 Å². The molecule has 2 aromatic heterocycles. The van der Waals surface area contributed by atoms with Crippen molar-refractivity contribution in [2.45, 2.75) is 38.5 Å². The molecule has 0 amide bonds. The largest absolute Gasteiger partial charge is 0.497 e. The van der Waals surface area contributed by atoms with Crippen molar-refractivity contribution >= 4 is 21.8 Å². The summed E-state index contributed by atoms with van der Waals surface area (Å²) in [7, 11) is 3.44. The van der Waals surface area contributed by atoms with E-state index in [1.807, 2.05) is 12.1 Å². The Morgan fingerprint density at radius 1 is 0.786 bits per heavy atom. The Bertz CT molecular complexity index is 995. The first kappa shape index (κ1) is 18.5. The van der Waals surface area contributed by atoms with Crippen LogP contribution >= 0.6 is 0 Å². The second kappa shape index (κ2) is 8.01. The highest BCUT2D eigenvalue weighted by atomic mass is 16.5. The van der Waals surface area contributed by atoms with Gasteiger partial charge in [-0.25, -0.2) is 0 Å². The molecule has 146 valence electrons. The van der Waals surface area contributed by atoms with Crippen LogP contribution in [0, 0.1) is 0 Å². The van der Waals surface area contributed by atoms with E-state index in [1.54, 1.807) is 14.2 Å². The van der Waals surface area contributed by atoms with Gasteiger partial charge >= 0.3 is 0 Å². The third-order valence-corrected chi connectivity index (χ3v) is 5.69. The number of H-pyrrole nitrogens is 2. The third kappa shape index (κ3) is 3.35. The van der Waals surface area contributed by atoms with Crippen LogP contribution in [0.5, 0.6) is 11.5 Å². The summed E-state index contributed by atoms with van der Waals surface area (Å²) in [5.74, 6) is 2.09. The maximum atomic E-state index is 5.48. The number of rotatable bonds is 8. The molecule has 0 saturated heterocycles. The van der Waals surface area contributed by atoms with Crippen molar-refractivity contribution in [1.29, 1.82) is 0 Å². The number of hydrogen-bond donors (Lipinski definition) is 2. The second-order valence-corrected chi connectivity index (χ2v) is 7.36. The lowest BCUT2D eigenvalue weighted by atomic mass is 9.86. The van der Waals surface area contributed by atoms with E-state index >= 15 is 0 Å². The fourth-order valence-electron chi connectivity index (χ4n) is 4.15. The number of benzene rings is 2. The molecule has 4 heteroatoms. The lowest BCUT2D eigenvalue weighted by molar-refractivity contribution is 0.415. The van der Waals surface area contributed by atoms with Gasteiger partial charge in [-0.05, 0) is 53.9 Å². The van der Waals surface area contributed by atoms with Crippen LogP contribution in [0.25, 0.3) is 21.8 Å². The zero-order valence-corrected chi connectivity index (χ0v) is 16.8. The number of hydrogen-bond acceptors (Lipinski definition) is 2. The maximum absolute atomic E-state index is 5.48. The highest BCUT2D eigenvalue weighted by Crippen LogP contribution is 2.39. The Labute approximate surface area is 165 Å². The molecule has 0 unspecified atom stereocenters. The molecule has 0 atom stereocenters. The minimum absolute atomic E-state index is 0.313. The first-order chi connectivity index (χ1) is 13.7. The highest BCUT2D eigenvalue weighted by Gasteiger charge is 2.21. The van der Waals surface area contributed by atoms with Gasteiger partial charge in [0.15, 0.2) is 0 Å². The number of aromatic amines is 2. The fourth-order valence-corrected chi connectivity index (χ4v) is 4.15. The van der Waals surface area contributed by atoms with Gasteiger partial charge in [0.1, 0.15) is 11.5 Å². The summed E-state index contributed by atoms with van der Waals surface area (Å²) in [5, 5.41) is 2.47. The van der Waals surface area contributed by atoms with E-state index in [1.165, 1.54) is 41.2 Å². The van der Waals surface area contributed by atoms with Gasteiger partial charge in [-0.3, -0.25) is 0 Å². The molecule has 4 aromatic rings. The Morgan fingerprint density at radius 2 is 1.32 bits per heavy atom. The number of aromatic nitrogens is 2. The molecule has 0 fully saturated rings. The molecule has 0 bridgehead atoms. The van der Waals surface area contributed by atoms with E-state index in [0.717, 1.165) is 29.0 Å². The number of unbranched alkanes of at least 4 members (excludes halogenated alkanes) is 2. The van der Waals surface area contributed by atoms with E-state index in [-0.39, 0.29) is 0 Å². The van der Waals surface area contributed by atoms with Crippen molar-refractivity contribution < 1.29 is 9.47 Å². The van der Waals surface area contributed by atoms with Gasteiger partial charge < -0.3 is 19.4 Å². The number of ether oxygens (including phenoxy) is 2. The topological polar surface area (TPSA) is 50.0 Å². The van der Waals surface area contributed by atoms with Gasteiger partial charge in [-0.1, -0.05) is 26.2 Å². The lowest BCUT2D eigenvalue weighted by Crippen LogP contribution is -2.00. The first-order valence-electron chi connectivity index (χ1n) is 10.0. The zero-order valence-electron chi connectivity index (χ0n) is 16.8. The number of methoxy groups -OCH3 is 2. The summed E-state index contributed by atoms with van der Waals surface area (Å²) >= 11 is 0. The predicted octanol–water partition coefficient (Wildman–Crippen LogP) is 6.38. The molecule has 28 heavy (non-hydrogen) atoms. The van der Waals surface area contributed by atoms with Gasteiger partial charge in [0, 0.05) is 40.1 Å². The predicted molar refractivity (Wildman–Crippen MR) is 116 cm³/mol. The lowest BCUT2D eigenvalue weighted by Gasteiger charge is -2.17. The van der Waals surface area contributed by atoms with Crippen LogP contribution in [0.3, 0.4) is 0 Å². The molecule has 4 nitrogen and oxygen atoms in total. The summed E-state index contributed by atoms with van der Waals surface area (Å²) < 4.78 is 11.0. The quantitative estimate of drug-likeness (QED) is 0.351. The molecule has 4 rings (SSSR count). The van der Waals surface area contributed by atoms with Crippen LogP contribution < -0.4 is 9.47 Å². The Kier molecular flexibility index (Phi) is 5.29. The highest BCUT2D eigenvalue weighted by molar-refractivity contribution is 5.89. The molecule has 2 N–H and O–H groups in total. The SMILES string of the molecule is CCCCCC(c1c[nH]c2ccc(OC)cc12)c1c[nH]c2ccc(OC)cc12. The minimum atomic E-state index is 0.313. The summed E-state index contributed by atoms with van der Waals surface area (Å²) in [5.41, 5.74) is 4.95. The molecule has 0 aliphatic rings. The molecule has 0 saturated carbocycles. The maximum Gasteiger partial charge on any atom is 0.119 e. The van der Waals surface area contributed by atoms with Gasteiger partial charge in [0.2, 0.25) is 0 Å². The molecule has 0 spiro atoms. The second-order valence-electron chi connectivity index (χ2n) is 7.36. The standard InChI is InChI=1S/C24H28N2O2/c1-4-5-6-7-18(21-14-25-23-10-8-16(27-2)12-19(21)23)22-15-26-24-11-9-17(28-3)13-20(22)24/h8-15,18,25-26H,4-7H2,1-3H3. The molecule has 0 aliphatic heterocycles. The van der Waals surface area contributed by atoms with Crippen molar-refractivity contribution in [2.24, 2.45) is 0 Å². The van der Waals surface area contributed by atoms with Gasteiger partial charge in [-0.15, -0.1) is 0 Å². The van der Waals surface area contributed by atoms with Crippen molar-refractivity contribution in [2.75, 3.05) is 14.2 Å². The summed E-state index contributed by atoms with van der Waals surface area (Å²) in [6.45, 7) is 2.25. The molecule has 0 radical (unpaired) electrons. The summed E-state index contributed by atoms with van der Waals surface area (Å²) in [6.07, 6.45) is 9.11. The van der Waals surface area contributed by atoms with Crippen molar-refractivity contribution in [3.63, 3.8) is 0 Å². The number of fused-ring (bicyclic) bond motifs is 2.